The lowest BCUT2D eigenvalue weighted by molar-refractivity contribution is 0.103. The van der Waals surface area contributed by atoms with Gasteiger partial charge in [0, 0.05) is 16.6 Å². The van der Waals surface area contributed by atoms with Crippen molar-refractivity contribution in [2.45, 2.75) is 0 Å². The molecular weight excluding hydrogens is 388 g/mol. The summed E-state index contributed by atoms with van der Waals surface area (Å²) >= 11 is 1.36. The number of para-hydroxylation sites is 1. The summed E-state index contributed by atoms with van der Waals surface area (Å²) < 4.78 is 15.9. The highest BCUT2D eigenvalue weighted by Crippen LogP contribution is 2.38. The highest BCUT2D eigenvalue weighted by Gasteiger charge is 2.20. The maximum atomic E-state index is 12.8. The SMILES string of the molecule is COc1cc(C(=O)c2csc(Nc3ccccc3)n2)cc(OC)c1OC.Cl. The molecule has 8 heteroatoms. The number of hydrogen-bond donors (Lipinski definition) is 1. The molecule has 0 saturated heterocycles. The summed E-state index contributed by atoms with van der Waals surface area (Å²) in [4.78, 5) is 17.2. The molecule has 0 unspecified atom stereocenters. The molecule has 0 saturated carbocycles. The Morgan fingerprint density at radius 2 is 1.63 bits per heavy atom. The normalized spacial score (nSPS) is 9.89. The van der Waals surface area contributed by atoms with E-state index in [1.54, 1.807) is 17.5 Å². The minimum absolute atomic E-state index is 0. The van der Waals surface area contributed by atoms with Gasteiger partial charge >= 0.3 is 0 Å². The molecule has 0 aliphatic heterocycles. The molecule has 6 nitrogen and oxygen atoms in total. The zero-order valence-corrected chi connectivity index (χ0v) is 16.6. The predicted molar refractivity (Wildman–Crippen MR) is 109 cm³/mol. The molecule has 1 aromatic heterocycles. The van der Waals surface area contributed by atoms with Crippen LogP contribution in [0.1, 0.15) is 16.1 Å². The first kappa shape index (κ1) is 20.5. The number of aromatic nitrogens is 1. The lowest BCUT2D eigenvalue weighted by atomic mass is 10.1. The number of ether oxygens (including phenoxy) is 3. The molecule has 3 aromatic rings. The Bertz CT molecular complexity index is 890. The van der Waals surface area contributed by atoms with Crippen molar-refractivity contribution in [3.8, 4) is 17.2 Å². The molecule has 0 radical (unpaired) electrons. The number of carbonyl (C=O) groups is 1. The van der Waals surface area contributed by atoms with Crippen LogP contribution in [0.25, 0.3) is 0 Å². The van der Waals surface area contributed by atoms with Gasteiger partial charge in [-0.15, -0.1) is 23.7 Å². The molecule has 1 heterocycles. The Morgan fingerprint density at radius 1 is 1.00 bits per heavy atom. The molecule has 0 spiro atoms. The van der Waals surface area contributed by atoms with Crippen LogP contribution in [0.5, 0.6) is 17.2 Å². The van der Waals surface area contributed by atoms with E-state index in [0.29, 0.717) is 33.6 Å². The third-order valence-corrected chi connectivity index (χ3v) is 4.45. The quantitative estimate of drug-likeness (QED) is 0.580. The lowest BCUT2D eigenvalue weighted by Gasteiger charge is -2.13. The van der Waals surface area contributed by atoms with Crippen LogP contribution < -0.4 is 19.5 Å². The van der Waals surface area contributed by atoms with E-state index in [-0.39, 0.29) is 18.2 Å². The van der Waals surface area contributed by atoms with Gasteiger partial charge in [-0.1, -0.05) is 18.2 Å². The Kier molecular flexibility index (Phi) is 7.04. The molecule has 0 aliphatic carbocycles. The van der Waals surface area contributed by atoms with Crippen LogP contribution in [-0.2, 0) is 0 Å². The van der Waals surface area contributed by atoms with Gasteiger partial charge in [0.2, 0.25) is 11.5 Å². The Labute approximate surface area is 167 Å². The molecule has 3 rings (SSSR count). The standard InChI is InChI=1S/C19H18N2O4S.ClH/c1-23-15-9-12(10-16(24-2)18(15)25-3)17(22)14-11-26-19(21-14)20-13-7-5-4-6-8-13;/h4-11H,1-3H3,(H,20,21);1H. The maximum Gasteiger partial charge on any atom is 0.212 e. The zero-order chi connectivity index (χ0) is 18.5. The second-order valence-electron chi connectivity index (χ2n) is 5.27. The third-order valence-electron chi connectivity index (χ3n) is 3.69. The van der Waals surface area contributed by atoms with Gasteiger partial charge in [-0.05, 0) is 24.3 Å². The fraction of sp³-hybridized carbons (Fsp3) is 0.158. The van der Waals surface area contributed by atoms with Gasteiger partial charge in [-0.2, -0.15) is 0 Å². The van der Waals surface area contributed by atoms with Crippen molar-refractivity contribution in [3.05, 3.63) is 59.1 Å². The number of thiazole rings is 1. The number of hydrogen-bond acceptors (Lipinski definition) is 7. The highest BCUT2D eigenvalue weighted by atomic mass is 35.5. The van der Waals surface area contributed by atoms with Crippen LogP contribution in [0.4, 0.5) is 10.8 Å². The van der Waals surface area contributed by atoms with Gasteiger partial charge in [0.25, 0.3) is 0 Å². The highest BCUT2D eigenvalue weighted by molar-refractivity contribution is 7.14. The predicted octanol–water partition coefficient (Wildman–Crippen LogP) is 4.57. The molecule has 2 aromatic carbocycles. The van der Waals surface area contributed by atoms with E-state index in [1.807, 2.05) is 30.3 Å². The molecule has 0 amide bonds. The first-order valence-corrected chi connectivity index (χ1v) is 8.66. The van der Waals surface area contributed by atoms with Crippen molar-refractivity contribution >= 4 is 40.3 Å². The van der Waals surface area contributed by atoms with E-state index in [0.717, 1.165) is 5.69 Å². The van der Waals surface area contributed by atoms with Crippen molar-refractivity contribution in [2.75, 3.05) is 26.6 Å². The van der Waals surface area contributed by atoms with Crippen LogP contribution >= 0.6 is 23.7 Å². The van der Waals surface area contributed by atoms with Crippen LogP contribution in [-0.4, -0.2) is 32.1 Å². The molecule has 0 fully saturated rings. The summed E-state index contributed by atoms with van der Waals surface area (Å²) in [6.07, 6.45) is 0. The number of nitrogens with one attached hydrogen (secondary N) is 1. The molecular formula is C19H19ClN2O4S. The number of nitrogens with zero attached hydrogens (tertiary/aromatic N) is 1. The summed E-state index contributed by atoms with van der Waals surface area (Å²) in [5.74, 6) is 1.07. The van der Waals surface area contributed by atoms with E-state index >= 15 is 0 Å². The van der Waals surface area contributed by atoms with E-state index < -0.39 is 0 Å². The van der Waals surface area contributed by atoms with Crippen molar-refractivity contribution in [2.24, 2.45) is 0 Å². The van der Waals surface area contributed by atoms with Gasteiger partial charge in [0.1, 0.15) is 5.69 Å². The van der Waals surface area contributed by atoms with Gasteiger partial charge in [0.15, 0.2) is 16.6 Å². The summed E-state index contributed by atoms with van der Waals surface area (Å²) in [5.41, 5.74) is 1.67. The average molecular weight is 407 g/mol. The van der Waals surface area contributed by atoms with Crippen molar-refractivity contribution in [3.63, 3.8) is 0 Å². The van der Waals surface area contributed by atoms with E-state index in [1.165, 1.54) is 32.7 Å². The van der Waals surface area contributed by atoms with Gasteiger partial charge in [0.05, 0.1) is 21.3 Å². The third kappa shape index (κ3) is 4.50. The van der Waals surface area contributed by atoms with Crippen molar-refractivity contribution < 1.29 is 19.0 Å². The summed E-state index contributed by atoms with van der Waals surface area (Å²) in [7, 11) is 4.54. The number of carbonyl (C=O) groups excluding carboxylic acids is 1. The molecule has 0 aliphatic rings. The summed E-state index contributed by atoms with van der Waals surface area (Å²) in [6.45, 7) is 0. The Morgan fingerprint density at radius 3 is 2.19 bits per heavy atom. The molecule has 0 atom stereocenters. The van der Waals surface area contributed by atoms with Crippen molar-refractivity contribution in [1.82, 2.24) is 4.98 Å². The number of methoxy groups -OCH3 is 3. The first-order chi connectivity index (χ1) is 12.7. The number of halogens is 1. The lowest BCUT2D eigenvalue weighted by Crippen LogP contribution is -2.04. The molecule has 0 bridgehead atoms. The van der Waals surface area contributed by atoms with Crippen molar-refractivity contribution in [1.29, 1.82) is 0 Å². The maximum absolute atomic E-state index is 12.8. The number of benzene rings is 2. The van der Waals surface area contributed by atoms with Crippen LogP contribution in [0.15, 0.2) is 47.8 Å². The van der Waals surface area contributed by atoms with E-state index in [9.17, 15) is 4.79 Å². The average Bonchev–Trinajstić information content (AvgIpc) is 3.15. The summed E-state index contributed by atoms with van der Waals surface area (Å²) in [6, 6.07) is 12.9. The van der Waals surface area contributed by atoms with Crippen LogP contribution in [0.2, 0.25) is 0 Å². The van der Waals surface area contributed by atoms with E-state index in [2.05, 4.69) is 10.3 Å². The fourth-order valence-corrected chi connectivity index (χ4v) is 3.15. The number of anilines is 2. The first-order valence-electron chi connectivity index (χ1n) is 7.78. The number of rotatable bonds is 7. The molecule has 1 N–H and O–H groups in total. The Balaban J connectivity index is 0.00000261. The second-order valence-corrected chi connectivity index (χ2v) is 6.13. The minimum atomic E-state index is -0.221. The smallest absolute Gasteiger partial charge is 0.212 e. The second kappa shape index (κ2) is 9.25. The molecule has 27 heavy (non-hydrogen) atoms. The molecule has 142 valence electrons. The topological polar surface area (TPSA) is 69.7 Å². The van der Waals surface area contributed by atoms with Gasteiger partial charge < -0.3 is 19.5 Å². The fourth-order valence-electron chi connectivity index (χ4n) is 2.44. The van der Waals surface area contributed by atoms with Crippen LogP contribution in [0.3, 0.4) is 0 Å². The van der Waals surface area contributed by atoms with Crippen LogP contribution in [0, 0.1) is 0 Å². The largest absolute Gasteiger partial charge is 0.493 e. The van der Waals surface area contributed by atoms with Gasteiger partial charge in [-0.3, -0.25) is 4.79 Å². The van der Waals surface area contributed by atoms with Gasteiger partial charge in [-0.25, -0.2) is 4.98 Å². The number of ketones is 1. The zero-order valence-electron chi connectivity index (χ0n) is 15.0. The Hall–Kier alpha value is -2.77. The minimum Gasteiger partial charge on any atom is -0.493 e. The monoisotopic (exact) mass is 406 g/mol. The summed E-state index contributed by atoms with van der Waals surface area (Å²) in [5, 5.41) is 5.54. The van der Waals surface area contributed by atoms with E-state index in [4.69, 9.17) is 14.2 Å².